The van der Waals surface area contributed by atoms with Crippen molar-refractivity contribution in [2.75, 3.05) is 38.3 Å². The molecule has 1 aromatic rings. The highest BCUT2D eigenvalue weighted by atomic mass is 32.2. The van der Waals surface area contributed by atoms with E-state index < -0.39 is 9.84 Å². The first kappa shape index (κ1) is 21.4. The zero-order valence-corrected chi connectivity index (χ0v) is 16.4. The van der Waals surface area contributed by atoms with Gasteiger partial charge in [0.25, 0.3) is 0 Å². The molecule has 0 aliphatic rings. The van der Waals surface area contributed by atoms with Crippen molar-refractivity contribution in [2.45, 2.75) is 40.2 Å². The number of aliphatic imine (C=N–C) groups is 1. The first-order valence-corrected chi connectivity index (χ1v) is 10.7. The average Bonchev–Trinajstić information content (AvgIpc) is 2.96. The molecule has 144 valence electrons. The van der Waals surface area contributed by atoms with Gasteiger partial charge in [-0.05, 0) is 13.3 Å². The number of rotatable bonds is 11. The molecule has 0 saturated carbocycles. The summed E-state index contributed by atoms with van der Waals surface area (Å²) >= 11 is 0. The standard InChI is InChI=1S/C16H30N4O4S/c1-5-14-13(15(6-2)24-20-14)12-19-16(17-7-3)18-8-9-23-10-11-25(4,21)22/h5-12H2,1-4H3,(H2,17,18,19). The quantitative estimate of drug-likeness (QED) is 0.337. The molecule has 0 fully saturated rings. The summed E-state index contributed by atoms with van der Waals surface area (Å²) in [5, 5.41) is 10.4. The summed E-state index contributed by atoms with van der Waals surface area (Å²) in [5.41, 5.74) is 1.99. The average molecular weight is 375 g/mol. The summed E-state index contributed by atoms with van der Waals surface area (Å²) in [6.07, 6.45) is 2.80. The van der Waals surface area contributed by atoms with E-state index in [0.717, 1.165) is 36.4 Å². The van der Waals surface area contributed by atoms with Gasteiger partial charge in [-0.15, -0.1) is 0 Å². The maximum atomic E-state index is 11.0. The Morgan fingerprint density at radius 3 is 2.56 bits per heavy atom. The van der Waals surface area contributed by atoms with Gasteiger partial charge in [0.2, 0.25) is 0 Å². The number of nitrogens with zero attached hydrogens (tertiary/aromatic N) is 2. The van der Waals surface area contributed by atoms with Crippen molar-refractivity contribution in [3.63, 3.8) is 0 Å². The number of hydrogen-bond donors (Lipinski definition) is 2. The molecule has 0 radical (unpaired) electrons. The van der Waals surface area contributed by atoms with Gasteiger partial charge in [0.15, 0.2) is 5.96 Å². The van der Waals surface area contributed by atoms with Crippen molar-refractivity contribution in [3.05, 3.63) is 17.0 Å². The van der Waals surface area contributed by atoms with Gasteiger partial charge in [-0.2, -0.15) is 0 Å². The number of guanidine groups is 1. The number of hydrogen-bond acceptors (Lipinski definition) is 6. The molecule has 0 amide bonds. The molecular formula is C16H30N4O4S. The molecule has 0 atom stereocenters. The highest BCUT2D eigenvalue weighted by Crippen LogP contribution is 2.16. The van der Waals surface area contributed by atoms with Crippen LogP contribution >= 0.6 is 0 Å². The minimum Gasteiger partial charge on any atom is -0.379 e. The van der Waals surface area contributed by atoms with Crippen molar-refractivity contribution < 1.29 is 17.7 Å². The molecule has 0 aliphatic carbocycles. The van der Waals surface area contributed by atoms with Crippen LogP contribution in [-0.4, -0.2) is 57.8 Å². The van der Waals surface area contributed by atoms with E-state index in [9.17, 15) is 8.42 Å². The largest absolute Gasteiger partial charge is 0.379 e. The Labute approximate surface area is 150 Å². The van der Waals surface area contributed by atoms with Gasteiger partial charge < -0.3 is 19.9 Å². The number of nitrogens with one attached hydrogen (secondary N) is 2. The molecule has 1 rings (SSSR count). The van der Waals surface area contributed by atoms with Crippen molar-refractivity contribution in [1.82, 2.24) is 15.8 Å². The lowest BCUT2D eigenvalue weighted by Crippen LogP contribution is -2.39. The van der Waals surface area contributed by atoms with Crippen LogP contribution in [0.2, 0.25) is 0 Å². The maximum absolute atomic E-state index is 11.0. The van der Waals surface area contributed by atoms with E-state index in [4.69, 9.17) is 9.26 Å². The number of aryl methyl sites for hydroxylation is 2. The van der Waals surface area contributed by atoms with Crippen LogP contribution in [0.25, 0.3) is 0 Å². The van der Waals surface area contributed by atoms with Crippen molar-refractivity contribution >= 4 is 15.8 Å². The summed E-state index contributed by atoms with van der Waals surface area (Å²) in [6, 6.07) is 0. The summed E-state index contributed by atoms with van der Waals surface area (Å²) in [6.45, 7) is 8.47. The number of aromatic nitrogens is 1. The Morgan fingerprint density at radius 1 is 1.20 bits per heavy atom. The minimum atomic E-state index is -2.98. The zero-order valence-electron chi connectivity index (χ0n) is 15.6. The van der Waals surface area contributed by atoms with E-state index in [2.05, 4.69) is 20.8 Å². The van der Waals surface area contributed by atoms with Crippen LogP contribution in [0.1, 0.15) is 37.8 Å². The summed E-state index contributed by atoms with van der Waals surface area (Å²) in [7, 11) is -2.98. The molecule has 9 heteroatoms. The van der Waals surface area contributed by atoms with Crippen molar-refractivity contribution in [1.29, 1.82) is 0 Å². The van der Waals surface area contributed by atoms with Crippen LogP contribution < -0.4 is 10.6 Å². The summed E-state index contributed by atoms with van der Waals surface area (Å²) in [4.78, 5) is 4.57. The minimum absolute atomic E-state index is 0.0359. The van der Waals surface area contributed by atoms with Crippen molar-refractivity contribution in [3.8, 4) is 0 Å². The lowest BCUT2D eigenvalue weighted by atomic mass is 10.1. The van der Waals surface area contributed by atoms with Gasteiger partial charge in [-0.25, -0.2) is 13.4 Å². The lowest BCUT2D eigenvalue weighted by Gasteiger charge is -2.11. The smallest absolute Gasteiger partial charge is 0.191 e. The number of sulfone groups is 1. The second-order valence-corrected chi connectivity index (χ2v) is 7.86. The molecule has 1 heterocycles. The second kappa shape index (κ2) is 11.1. The van der Waals surface area contributed by atoms with Crippen LogP contribution in [0.5, 0.6) is 0 Å². The Bertz CT molecular complexity index is 619. The summed E-state index contributed by atoms with van der Waals surface area (Å²) < 4.78 is 32.7. The SMILES string of the molecule is CCNC(=NCc1c(CC)noc1CC)NCCOCCS(C)(=O)=O. The van der Waals surface area contributed by atoms with Gasteiger partial charge in [0, 0.05) is 31.3 Å². The highest BCUT2D eigenvalue weighted by Gasteiger charge is 2.13. The van der Waals surface area contributed by atoms with Crippen molar-refractivity contribution in [2.24, 2.45) is 4.99 Å². The Hall–Kier alpha value is -1.61. The molecule has 0 bridgehead atoms. The first-order valence-electron chi connectivity index (χ1n) is 8.65. The zero-order chi connectivity index (χ0) is 18.7. The Morgan fingerprint density at radius 2 is 1.96 bits per heavy atom. The van der Waals surface area contributed by atoms with E-state index in [1.807, 2.05) is 20.8 Å². The molecule has 1 aromatic heterocycles. The first-order chi connectivity index (χ1) is 11.9. The van der Waals surface area contributed by atoms with Crippen LogP contribution in [0.15, 0.2) is 9.52 Å². The van der Waals surface area contributed by atoms with E-state index in [1.165, 1.54) is 6.26 Å². The molecule has 0 saturated heterocycles. The van der Waals surface area contributed by atoms with Crippen LogP contribution in [0.4, 0.5) is 0 Å². The van der Waals surface area contributed by atoms with E-state index in [-0.39, 0.29) is 12.4 Å². The van der Waals surface area contributed by atoms with Gasteiger partial charge in [-0.1, -0.05) is 19.0 Å². The fourth-order valence-corrected chi connectivity index (χ4v) is 2.59. The number of ether oxygens (including phenoxy) is 1. The monoisotopic (exact) mass is 374 g/mol. The molecule has 0 unspecified atom stereocenters. The maximum Gasteiger partial charge on any atom is 0.191 e. The molecule has 2 N–H and O–H groups in total. The third-order valence-electron chi connectivity index (χ3n) is 3.48. The normalized spacial score (nSPS) is 12.4. The van der Waals surface area contributed by atoms with Gasteiger partial charge >= 0.3 is 0 Å². The molecule has 0 spiro atoms. The topological polar surface area (TPSA) is 106 Å². The van der Waals surface area contributed by atoms with E-state index in [0.29, 0.717) is 25.7 Å². The fourth-order valence-electron chi connectivity index (χ4n) is 2.17. The second-order valence-electron chi connectivity index (χ2n) is 5.60. The highest BCUT2D eigenvalue weighted by molar-refractivity contribution is 7.90. The molecule has 0 aromatic carbocycles. The Kier molecular flexibility index (Phi) is 9.51. The van der Waals surface area contributed by atoms with E-state index >= 15 is 0 Å². The Balaban J connectivity index is 2.50. The van der Waals surface area contributed by atoms with Crippen LogP contribution in [-0.2, 0) is 34.0 Å². The molecule has 8 nitrogen and oxygen atoms in total. The van der Waals surface area contributed by atoms with Crippen LogP contribution in [0.3, 0.4) is 0 Å². The summed E-state index contributed by atoms with van der Waals surface area (Å²) in [5.74, 6) is 1.59. The van der Waals surface area contributed by atoms with Gasteiger partial charge in [0.05, 0.1) is 31.2 Å². The molecular weight excluding hydrogens is 344 g/mol. The fraction of sp³-hybridized carbons (Fsp3) is 0.750. The third-order valence-corrected chi connectivity index (χ3v) is 4.39. The molecule has 0 aliphatic heterocycles. The molecule has 25 heavy (non-hydrogen) atoms. The van der Waals surface area contributed by atoms with Crippen LogP contribution in [0, 0.1) is 0 Å². The van der Waals surface area contributed by atoms with Gasteiger partial charge in [0.1, 0.15) is 15.6 Å². The van der Waals surface area contributed by atoms with Gasteiger partial charge in [-0.3, -0.25) is 0 Å². The predicted molar refractivity (Wildman–Crippen MR) is 98.6 cm³/mol. The lowest BCUT2D eigenvalue weighted by molar-refractivity contribution is 0.154. The third kappa shape index (κ3) is 8.35. The van der Waals surface area contributed by atoms with E-state index in [1.54, 1.807) is 0 Å². The predicted octanol–water partition coefficient (Wildman–Crippen LogP) is 0.916.